The number of anilines is 1. The maximum Gasteiger partial charge on any atom is 0.416 e. The Morgan fingerprint density at radius 2 is 1.97 bits per heavy atom. The summed E-state index contributed by atoms with van der Waals surface area (Å²) in [7, 11) is -4.16. The van der Waals surface area contributed by atoms with Crippen molar-refractivity contribution < 1.29 is 21.6 Å². The molecule has 29 heavy (non-hydrogen) atoms. The van der Waals surface area contributed by atoms with Crippen molar-refractivity contribution in [1.29, 1.82) is 0 Å². The third kappa shape index (κ3) is 4.25. The average Bonchev–Trinajstić information content (AvgIpc) is 3.31. The van der Waals surface area contributed by atoms with Crippen LogP contribution in [-0.4, -0.2) is 26.0 Å². The molecule has 4 rings (SSSR count). The van der Waals surface area contributed by atoms with E-state index in [0.717, 1.165) is 60.5 Å². The molecule has 0 aliphatic carbocycles. The maximum absolute atomic E-state index is 12.9. The van der Waals surface area contributed by atoms with Crippen molar-refractivity contribution in [3.63, 3.8) is 0 Å². The van der Waals surface area contributed by atoms with Crippen LogP contribution in [0.2, 0.25) is 0 Å². The minimum absolute atomic E-state index is 0.301. The molecular weight excluding hydrogens is 403 g/mol. The van der Waals surface area contributed by atoms with E-state index in [4.69, 9.17) is 0 Å². The zero-order chi connectivity index (χ0) is 20.6. The van der Waals surface area contributed by atoms with Gasteiger partial charge in [0.25, 0.3) is 10.0 Å². The van der Waals surface area contributed by atoms with Gasteiger partial charge in [0.15, 0.2) is 0 Å². The largest absolute Gasteiger partial charge is 0.416 e. The van der Waals surface area contributed by atoms with E-state index >= 15 is 0 Å². The lowest BCUT2D eigenvalue weighted by atomic mass is 10.0. The fourth-order valence-electron chi connectivity index (χ4n) is 3.66. The lowest BCUT2D eigenvalue weighted by molar-refractivity contribution is -0.137. The zero-order valence-corrected chi connectivity index (χ0v) is 16.2. The summed E-state index contributed by atoms with van der Waals surface area (Å²) in [6.07, 6.45) is 0.349. The second-order valence-electron chi connectivity index (χ2n) is 7.20. The standard InChI is InChI=1S/C20H20F3N3O2S/c21-20(22,23)14-3-1-5-17(10-14)29(27,28)26-16-6-7-19-18(11-16)13(12-25-19)9-15-4-2-8-24-15/h1,3,5-7,10-12,15,24-26H,2,4,8-9H2/t15-/m1/s1. The van der Waals surface area contributed by atoms with Crippen LogP contribution < -0.4 is 10.0 Å². The molecule has 1 atom stereocenters. The summed E-state index contributed by atoms with van der Waals surface area (Å²) in [4.78, 5) is 2.74. The molecule has 2 aromatic carbocycles. The van der Waals surface area contributed by atoms with Crippen molar-refractivity contribution >= 4 is 26.6 Å². The number of rotatable bonds is 5. The van der Waals surface area contributed by atoms with Gasteiger partial charge >= 0.3 is 6.18 Å². The summed E-state index contributed by atoms with van der Waals surface area (Å²) in [5, 5.41) is 4.33. The third-order valence-electron chi connectivity index (χ3n) is 5.12. The number of aromatic nitrogens is 1. The molecule has 3 N–H and O–H groups in total. The highest BCUT2D eigenvalue weighted by atomic mass is 32.2. The highest BCUT2D eigenvalue weighted by Gasteiger charge is 2.31. The van der Waals surface area contributed by atoms with Gasteiger partial charge in [-0.25, -0.2) is 8.42 Å². The van der Waals surface area contributed by atoms with Gasteiger partial charge in [-0.15, -0.1) is 0 Å². The lowest BCUT2D eigenvalue weighted by Gasteiger charge is -2.12. The molecule has 1 aliphatic rings. The summed E-state index contributed by atoms with van der Waals surface area (Å²) >= 11 is 0. The highest BCUT2D eigenvalue weighted by molar-refractivity contribution is 7.92. The van der Waals surface area contributed by atoms with E-state index in [2.05, 4.69) is 15.0 Å². The molecule has 0 saturated carbocycles. The number of fused-ring (bicyclic) bond motifs is 1. The van der Waals surface area contributed by atoms with E-state index in [0.29, 0.717) is 17.8 Å². The lowest BCUT2D eigenvalue weighted by Crippen LogP contribution is -2.23. The zero-order valence-electron chi connectivity index (χ0n) is 15.4. The van der Waals surface area contributed by atoms with E-state index in [9.17, 15) is 21.6 Å². The second kappa shape index (κ2) is 7.38. The Hall–Kier alpha value is -2.52. The fraction of sp³-hybridized carbons (Fsp3) is 0.300. The molecule has 5 nitrogen and oxygen atoms in total. The molecule has 9 heteroatoms. The average molecular weight is 423 g/mol. The van der Waals surface area contributed by atoms with Crippen molar-refractivity contribution in [3.05, 3.63) is 59.8 Å². The van der Waals surface area contributed by atoms with Gasteiger partial charge in [0.1, 0.15) is 0 Å². The number of benzene rings is 2. The van der Waals surface area contributed by atoms with Gasteiger partial charge in [-0.05, 0) is 67.8 Å². The predicted octanol–water partition coefficient (Wildman–Crippen LogP) is 4.28. The van der Waals surface area contributed by atoms with Gasteiger partial charge in [-0.3, -0.25) is 4.72 Å². The number of hydrogen-bond acceptors (Lipinski definition) is 3. The first-order valence-corrected chi connectivity index (χ1v) is 10.7. The molecule has 0 radical (unpaired) electrons. The number of halogens is 3. The minimum Gasteiger partial charge on any atom is -0.361 e. The molecule has 1 aromatic heterocycles. The summed E-state index contributed by atoms with van der Waals surface area (Å²) in [5.74, 6) is 0. The molecular formula is C20H20F3N3O2S. The van der Waals surface area contributed by atoms with Gasteiger partial charge in [-0.1, -0.05) is 6.07 Å². The Balaban J connectivity index is 1.61. The van der Waals surface area contributed by atoms with E-state index < -0.39 is 26.7 Å². The SMILES string of the molecule is O=S(=O)(Nc1ccc2[nH]cc(C[C@H]3CCCN3)c2c1)c1cccc(C(F)(F)F)c1. The van der Waals surface area contributed by atoms with E-state index in [1.807, 2.05) is 6.20 Å². The molecule has 0 amide bonds. The quantitative estimate of drug-likeness (QED) is 0.573. The van der Waals surface area contributed by atoms with Crippen LogP contribution in [0.25, 0.3) is 10.9 Å². The Labute approximate surface area is 166 Å². The summed E-state index contributed by atoms with van der Waals surface area (Å²) < 4.78 is 66.4. The molecule has 1 saturated heterocycles. The molecule has 0 spiro atoms. The smallest absolute Gasteiger partial charge is 0.361 e. The van der Waals surface area contributed by atoms with Crippen LogP contribution in [0.3, 0.4) is 0 Å². The van der Waals surface area contributed by atoms with Crippen molar-refractivity contribution in [3.8, 4) is 0 Å². The van der Waals surface area contributed by atoms with Crippen LogP contribution in [0.1, 0.15) is 24.0 Å². The predicted molar refractivity (Wildman–Crippen MR) is 105 cm³/mol. The number of nitrogens with one attached hydrogen (secondary N) is 3. The molecule has 154 valence electrons. The molecule has 1 fully saturated rings. The Bertz CT molecular complexity index is 1130. The first kappa shape index (κ1) is 19.8. The third-order valence-corrected chi connectivity index (χ3v) is 6.50. The monoisotopic (exact) mass is 423 g/mol. The number of hydrogen-bond donors (Lipinski definition) is 3. The first-order valence-electron chi connectivity index (χ1n) is 9.26. The van der Waals surface area contributed by atoms with Crippen LogP contribution in [0, 0.1) is 0 Å². The first-order chi connectivity index (χ1) is 13.7. The number of aromatic amines is 1. The van der Waals surface area contributed by atoms with Crippen molar-refractivity contribution in [1.82, 2.24) is 10.3 Å². The normalized spacial score (nSPS) is 17.7. The molecule has 2 heterocycles. The molecule has 0 bridgehead atoms. The van der Waals surface area contributed by atoms with Gasteiger partial charge in [0.05, 0.1) is 10.5 Å². The molecule has 0 unspecified atom stereocenters. The Kier molecular flexibility index (Phi) is 5.04. The van der Waals surface area contributed by atoms with Crippen molar-refractivity contribution in [2.75, 3.05) is 11.3 Å². The molecule has 1 aliphatic heterocycles. The maximum atomic E-state index is 12.9. The van der Waals surface area contributed by atoms with Crippen LogP contribution in [0.4, 0.5) is 18.9 Å². The number of H-pyrrole nitrogens is 1. The van der Waals surface area contributed by atoms with E-state index in [1.54, 1.807) is 18.2 Å². The van der Waals surface area contributed by atoms with Crippen LogP contribution in [0.15, 0.2) is 53.6 Å². The van der Waals surface area contributed by atoms with E-state index in [1.165, 1.54) is 0 Å². The van der Waals surface area contributed by atoms with Gasteiger partial charge < -0.3 is 10.3 Å². The second-order valence-corrected chi connectivity index (χ2v) is 8.89. The van der Waals surface area contributed by atoms with Gasteiger partial charge in [0.2, 0.25) is 0 Å². The number of alkyl halides is 3. The topological polar surface area (TPSA) is 74.0 Å². The van der Waals surface area contributed by atoms with Crippen LogP contribution >= 0.6 is 0 Å². The Morgan fingerprint density at radius 3 is 2.69 bits per heavy atom. The molecule has 3 aromatic rings. The van der Waals surface area contributed by atoms with Crippen molar-refractivity contribution in [2.24, 2.45) is 0 Å². The minimum atomic E-state index is -4.61. The highest BCUT2D eigenvalue weighted by Crippen LogP contribution is 2.31. The van der Waals surface area contributed by atoms with Crippen LogP contribution in [0.5, 0.6) is 0 Å². The van der Waals surface area contributed by atoms with Crippen molar-refractivity contribution in [2.45, 2.75) is 36.4 Å². The van der Waals surface area contributed by atoms with Crippen LogP contribution in [-0.2, 0) is 22.6 Å². The number of sulfonamides is 1. The fourth-order valence-corrected chi connectivity index (χ4v) is 4.76. The van der Waals surface area contributed by atoms with Gasteiger partial charge in [-0.2, -0.15) is 13.2 Å². The summed E-state index contributed by atoms with van der Waals surface area (Å²) in [5.41, 5.74) is 1.24. The summed E-state index contributed by atoms with van der Waals surface area (Å²) in [6.45, 7) is 0.995. The summed E-state index contributed by atoms with van der Waals surface area (Å²) in [6, 6.07) is 9.14. The Morgan fingerprint density at radius 1 is 1.14 bits per heavy atom. The van der Waals surface area contributed by atoms with Gasteiger partial charge in [0, 0.05) is 28.8 Å². The van der Waals surface area contributed by atoms with E-state index in [-0.39, 0.29) is 0 Å².